The highest BCUT2D eigenvalue weighted by Crippen LogP contribution is 2.42. The topological polar surface area (TPSA) is 61.0 Å². The minimum absolute atomic E-state index is 0.613. The largest absolute Gasteiger partial charge is 0.481 e. The van der Waals surface area contributed by atoms with E-state index in [0.29, 0.717) is 18.3 Å². The first-order valence-corrected chi connectivity index (χ1v) is 5.37. The van der Waals surface area contributed by atoms with Gasteiger partial charge in [0.15, 0.2) is 0 Å². The van der Waals surface area contributed by atoms with Gasteiger partial charge in [0.2, 0.25) is 5.88 Å². The number of nitrogens with zero attached hydrogens (tertiary/aromatic N) is 2. The van der Waals surface area contributed by atoms with Crippen LogP contribution in [-0.4, -0.2) is 23.6 Å². The van der Waals surface area contributed by atoms with E-state index in [4.69, 9.17) is 10.5 Å². The van der Waals surface area contributed by atoms with Crippen LogP contribution in [-0.2, 0) is 6.42 Å². The molecule has 0 unspecified atom stereocenters. The minimum atomic E-state index is 0.613. The zero-order valence-electron chi connectivity index (χ0n) is 9.29. The molecule has 15 heavy (non-hydrogen) atoms. The third-order valence-corrected chi connectivity index (χ3v) is 2.66. The van der Waals surface area contributed by atoms with Gasteiger partial charge in [0.25, 0.3) is 0 Å². The summed E-state index contributed by atoms with van der Waals surface area (Å²) in [5.41, 5.74) is 7.86. The van der Waals surface area contributed by atoms with E-state index in [-0.39, 0.29) is 0 Å². The van der Waals surface area contributed by atoms with Crippen molar-refractivity contribution in [1.29, 1.82) is 0 Å². The number of nitrogens with two attached hydrogens (primary N) is 1. The maximum absolute atomic E-state index is 5.60. The molecule has 0 radical (unpaired) electrons. The Labute approximate surface area is 89.9 Å². The Hall–Kier alpha value is -1.16. The molecule has 2 rings (SSSR count). The molecule has 1 aromatic heterocycles. The number of aromatic nitrogens is 2. The van der Waals surface area contributed by atoms with Crippen LogP contribution in [0.3, 0.4) is 0 Å². The van der Waals surface area contributed by atoms with Crippen LogP contribution >= 0.6 is 0 Å². The minimum Gasteiger partial charge on any atom is -0.481 e. The average Bonchev–Trinajstić information content (AvgIpc) is 3.03. The maximum Gasteiger partial charge on any atom is 0.219 e. The predicted octanol–water partition coefficient (Wildman–Crippen LogP) is 1.17. The van der Waals surface area contributed by atoms with Crippen molar-refractivity contribution < 1.29 is 4.74 Å². The molecule has 82 valence electrons. The smallest absolute Gasteiger partial charge is 0.219 e. The van der Waals surface area contributed by atoms with Crippen LogP contribution < -0.4 is 10.5 Å². The molecule has 1 heterocycles. The summed E-state index contributed by atoms with van der Waals surface area (Å²) in [5, 5.41) is 0. The number of aryl methyl sites for hydroxylation is 1. The van der Waals surface area contributed by atoms with Gasteiger partial charge in [-0.2, -0.15) is 4.98 Å². The highest BCUT2D eigenvalue weighted by molar-refractivity contribution is 5.35. The molecule has 0 bridgehead atoms. The fourth-order valence-corrected chi connectivity index (χ4v) is 1.83. The van der Waals surface area contributed by atoms with Crippen LogP contribution in [0.4, 0.5) is 0 Å². The van der Waals surface area contributed by atoms with Crippen LogP contribution in [0, 0.1) is 6.92 Å². The summed E-state index contributed by atoms with van der Waals surface area (Å²) in [7, 11) is 1.65. The molecule has 0 atom stereocenters. The van der Waals surface area contributed by atoms with Crippen LogP contribution in [0.1, 0.15) is 35.8 Å². The molecular formula is C11H17N3O. The van der Waals surface area contributed by atoms with Crippen molar-refractivity contribution in [3.8, 4) is 5.88 Å². The Morgan fingerprint density at radius 2 is 2.13 bits per heavy atom. The van der Waals surface area contributed by atoms with Gasteiger partial charge < -0.3 is 10.5 Å². The van der Waals surface area contributed by atoms with Gasteiger partial charge in [-0.25, -0.2) is 4.98 Å². The van der Waals surface area contributed by atoms with Crippen LogP contribution in [0.5, 0.6) is 5.88 Å². The maximum atomic E-state index is 5.60. The van der Waals surface area contributed by atoms with Gasteiger partial charge in [-0.05, 0) is 32.7 Å². The first-order valence-electron chi connectivity index (χ1n) is 5.37. The lowest BCUT2D eigenvalue weighted by Gasteiger charge is -2.11. The summed E-state index contributed by atoms with van der Waals surface area (Å²) in [6, 6.07) is 0. The molecular weight excluding hydrogens is 190 g/mol. The fraction of sp³-hybridized carbons (Fsp3) is 0.636. The summed E-state index contributed by atoms with van der Waals surface area (Å²) in [6.07, 6.45) is 3.27. The summed E-state index contributed by atoms with van der Waals surface area (Å²) < 4.78 is 5.29. The van der Waals surface area contributed by atoms with E-state index in [1.165, 1.54) is 12.8 Å². The SMILES string of the molecule is COc1nc(C)nc(C2CC2)c1CCN. The summed E-state index contributed by atoms with van der Waals surface area (Å²) in [6.45, 7) is 2.52. The average molecular weight is 207 g/mol. The van der Waals surface area contributed by atoms with Gasteiger partial charge in [0.1, 0.15) is 5.82 Å². The third-order valence-electron chi connectivity index (χ3n) is 2.66. The van der Waals surface area contributed by atoms with E-state index >= 15 is 0 Å². The van der Waals surface area contributed by atoms with E-state index in [0.717, 1.165) is 23.5 Å². The lowest BCUT2D eigenvalue weighted by molar-refractivity contribution is 0.388. The molecule has 0 spiro atoms. The van der Waals surface area contributed by atoms with Gasteiger partial charge in [0.05, 0.1) is 12.8 Å². The molecule has 1 aliphatic rings. The van der Waals surface area contributed by atoms with Gasteiger partial charge in [-0.3, -0.25) is 0 Å². The Morgan fingerprint density at radius 1 is 1.40 bits per heavy atom. The summed E-state index contributed by atoms with van der Waals surface area (Å²) in [5.74, 6) is 2.10. The third kappa shape index (κ3) is 2.09. The Balaban J connectivity index is 2.43. The molecule has 1 fully saturated rings. The van der Waals surface area contributed by atoms with Crippen molar-refractivity contribution in [3.05, 3.63) is 17.1 Å². The Bertz CT molecular complexity index is 361. The lowest BCUT2D eigenvalue weighted by atomic mass is 10.1. The van der Waals surface area contributed by atoms with E-state index in [1.807, 2.05) is 6.92 Å². The van der Waals surface area contributed by atoms with E-state index < -0.39 is 0 Å². The molecule has 0 aliphatic heterocycles. The first kappa shape index (κ1) is 10.4. The van der Waals surface area contributed by atoms with Crippen molar-refractivity contribution in [1.82, 2.24) is 9.97 Å². The number of hydrogen-bond donors (Lipinski definition) is 1. The number of methoxy groups -OCH3 is 1. The van der Waals surface area contributed by atoms with E-state index in [2.05, 4.69) is 9.97 Å². The van der Waals surface area contributed by atoms with Crippen molar-refractivity contribution >= 4 is 0 Å². The van der Waals surface area contributed by atoms with Crippen LogP contribution in [0.15, 0.2) is 0 Å². The van der Waals surface area contributed by atoms with Gasteiger partial charge in [0, 0.05) is 11.5 Å². The normalized spacial score (nSPS) is 15.4. The molecule has 0 saturated heterocycles. The summed E-state index contributed by atoms with van der Waals surface area (Å²) >= 11 is 0. The molecule has 0 amide bonds. The van der Waals surface area contributed by atoms with E-state index in [9.17, 15) is 0 Å². The number of rotatable bonds is 4. The monoisotopic (exact) mass is 207 g/mol. The molecule has 1 aromatic rings. The zero-order chi connectivity index (χ0) is 10.8. The van der Waals surface area contributed by atoms with Crippen molar-refractivity contribution in [2.24, 2.45) is 5.73 Å². The lowest BCUT2D eigenvalue weighted by Crippen LogP contribution is -2.10. The molecule has 4 nitrogen and oxygen atoms in total. The predicted molar refractivity (Wildman–Crippen MR) is 58.1 cm³/mol. The number of ether oxygens (including phenoxy) is 1. The second-order valence-electron chi connectivity index (χ2n) is 3.96. The molecule has 1 saturated carbocycles. The fourth-order valence-electron chi connectivity index (χ4n) is 1.83. The Kier molecular flexibility index (Phi) is 2.86. The molecule has 0 aromatic carbocycles. The van der Waals surface area contributed by atoms with Gasteiger partial charge >= 0.3 is 0 Å². The number of hydrogen-bond acceptors (Lipinski definition) is 4. The highest BCUT2D eigenvalue weighted by Gasteiger charge is 2.29. The van der Waals surface area contributed by atoms with Crippen LogP contribution in [0.25, 0.3) is 0 Å². The van der Waals surface area contributed by atoms with E-state index in [1.54, 1.807) is 7.11 Å². The Morgan fingerprint density at radius 3 is 2.67 bits per heavy atom. The second kappa shape index (κ2) is 4.14. The zero-order valence-corrected chi connectivity index (χ0v) is 9.29. The highest BCUT2D eigenvalue weighted by atomic mass is 16.5. The molecule has 1 aliphatic carbocycles. The molecule has 2 N–H and O–H groups in total. The first-order chi connectivity index (χ1) is 7.26. The van der Waals surface area contributed by atoms with Crippen molar-refractivity contribution in [3.63, 3.8) is 0 Å². The van der Waals surface area contributed by atoms with Crippen LogP contribution in [0.2, 0.25) is 0 Å². The molecule has 4 heteroatoms. The van der Waals surface area contributed by atoms with Crippen molar-refractivity contribution in [2.75, 3.05) is 13.7 Å². The standard InChI is InChI=1S/C11H17N3O/c1-7-13-10(8-3-4-8)9(5-6-12)11(14-7)15-2/h8H,3-6,12H2,1-2H3. The van der Waals surface area contributed by atoms with Gasteiger partial charge in [-0.1, -0.05) is 0 Å². The second-order valence-corrected chi connectivity index (χ2v) is 3.96. The van der Waals surface area contributed by atoms with Crippen molar-refractivity contribution in [2.45, 2.75) is 32.1 Å². The summed E-state index contributed by atoms with van der Waals surface area (Å²) in [4.78, 5) is 8.81. The quantitative estimate of drug-likeness (QED) is 0.805. The van der Waals surface area contributed by atoms with Gasteiger partial charge in [-0.15, -0.1) is 0 Å².